The lowest BCUT2D eigenvalue weighted by Gasteiger charge is -2.15. The highest BCUT2D eigenvalue weighted by Crippen LogP contribution is 2.35. The summed E-state index contributed by atoms with van der Waals surface area (Å²) in [5.74, 6) is 0.845. The van der Waals surface area contributed by atoms with Gasteiger partial charge in [-0.1, -0.05) is 12.1 Å². The third kappa shape index (κ3) is 2.64. The number of hydrogen-bond donors (Lipinski definition) is 0. The van der Waals surface area contributed by atoms with Crippen LogP contribution in [0.3, 0.4) is 0 Å². The molecule has 0 spiro atoms. The predicted molar refractivity (Wildman–Crippen MR) is 93.8 cm³/mol. The van der Waals surface area contributed by atoms with Crippen LogP contribution in [-0.2, 0) is 12.0 Å². The van der Waals surface area contributed by atoms with Gasteiger partial charge in [0, 0.05) is 11.8 Å². The Morgan fingerprint density at radius 2 is 1.91 bits per heavy atom. The second kappa shape index (κ2) is 5.78. The summed E-state index contributed by atoms with van der Waals surface area (Å²) in [5, 5.41) is 9.52. The van der Waals surface area contributed by atoms with Crippen LogP contribution >= 0.6 is 15.9 Å². The smallest absolute Gasteiger partial charge is 0.118 e. The number of hydrogen-bond acceptors (Lipinski definition) is 2. The Morgan fingerprint density at radius 1 is 1.22 bits per heavy atom. The Labute approximate surface area is 144 Å². The number of rotatable bonds is 4. The van der Waals surface area contributed by atoms with E-state index in [4.69, 9.17) is 4.74 Å². The fourth-order valence-electron chi connectivity index (χ4n) is 2.79. The Bertz CT molecular complexity index is 882. The van der Waals surface area contributed by atoms with Gasteiger partial charge in [-0.25, -0.2) is 0 Å². The average molecular weight is 372 g/mol. The monoisotopic (exact) mass is 371 g/mol. The Kier molecular flexibility index (Phi) is 3.95. The zero-order valence-electron chi connectivity index (χ0n) is 13.4. The van der Waals surface area contributed by atoms with Crippen molar-refractivity contribution in [2.75, 3.05) is 7.11 Å². The molecule has 0 fully saturated rings. The molecule has 5 heteroatoms. The minimum Gasteiger partial charge on any atom is -0.497 e. The number of ether oxygens (including phenoxy) is 1. The Hall–Kier alpha value is -2.19. The van der Waals surface area contributed by atoms with Crippen molar-refractivity contribution in [2.24, 2.45) is 0 Å². The molecule has 23 heavy (non-hydrogen) atoms. The molecule has 0 saturated carbocycles. The quantitative estimate of drug-likeness (QED) is 0.683. The molecule has 0 N–H and O–H groups in total. The van der Waals surface area contributed by atoms with E-state index in [1.165, 1.54) is 5.56 Å². The molecule has 1 aromatic carbocycles. The van der Waals surface area contributed by atoms with Gasteiger partial charge in [0.1, 0.15) is 10.4 Å². The molecule has 0 unspecified atom stereocenters. The molecule has 3 rings (SSSR count). The van der Waals surface area contributed by atoms with E-state index in [-0.39, 0.29) is 0 Å². The van der Waals surface area contributed by atoms with Gasteiger partial charge < -0.3 is 4.74 Å². The highest BCUT2D eigenvalue weighted by atomic mass is 79.9. The van der Waals surface area contributed by atoms with E-state index < -0.39 is 5.41 Å². The van der Waals surface area contributed by atoms with Crippen molar-refractivity contribution in [1.82, 2.24) is 9.20 Å². The van der Waals surface area contributed by atoms with Gasteiger partial charge in [-0.05, 0) is 59.6 Å². The summed E-state index contributed by atoms with van der Waals surface area (Å²) < 4.78 is 10.4. The van der Waals surface area contributed by atoms with Gasteiger partial charge in [0.2, 0.25) is 0 Å². The topological polar surface area (TPSA) is 42.4 Å². The van der Waals surface area contributed by atoms with Crippen molar-refractivity contribution in [3.63, 3.8) is 0 Å². The van der Waals surface area contributed by atoms with Crippen molar-refractivity contribution in [3.05, 3.63) is 58.3 Å². The second-order valence-electron chi connectivity index (χ2n) is 6.05. The van der Waals surface area contributed by atoms with Crippen LogP contribution in [0.15, 0.2) is 47.2 Å². The van der Waals surface area contributed by atoms with E-state index in [1.807, 2.05) is 44.3 Å². The van der Waals surface area contributed by atoms with Crippen molar-refractivity contribution in [3.8, 4) is 11.8 Å². The molecule has 0 saturated heterocycles. The number of methoxy groups -OCH3 is 1. The van der Waals surface area contributed by atoms with Gasteiger partial charge in [0.25, 0.3) is 0 Å². The lowest BCUT2D eigenvalue weighted by molar-refractivity contribution is 0.414. The SMILES string of the molecule is COc1ccc(Cn2c(Br)c(C(C)(C)C#N)c3cccn32)cc1. The van der Waals surface area contributed by atoms with Crippen molar-refractivity contribution in [2.45, 2.75) is 25.8 Å². The van der Waals surface area contributed by atoms with Crippen LogP contribution in [0.2, 0.25) is 0 Å². The largest absolute Gasteiger partial charge is 0.497 e. The number of nitriles is 1. The average Bonchev–Trinajstić information content (AvgIpc) is 3.10. The third-order valence-electron chi connectivity index (χ3n) is 4.07. The minimum absolute atomic E-state index is 0.566. The molecule has 2 heterocycles. The van der Waals surface area contributed by atoms with Crippen molar-refractivity contribution >= 4 is 21.4 Å². The molecule has 0 aliphatic heterocycles. The molecule has 0 radical (unpaired) electrons. The Balaban J connectivity index is 2.09. The highest BCUT2D eigenvalue weighted by Gasteiger charge is 2.29. The molecule has 118 valence electrons. The maximum Gasteiger partial charge on any atom is 0.118 e. The summed E-state index contributed by atoms with van der Waals surface area (Å²) in [6, 6.07) is 14.5. The lowest BCUT2D eigenvalue weighted by Crippen LogP contribution is -2.14. The lowest BCUT2D eigenvalue weighted by atomic mass is 9.87. The van der Waals surface area contributed by atoms with E-state index in [9.17, 15) is 5.26 Å². The first-order chi connectivity index (χ1) is 11.0. The van der Waals surface area contributed by atoms with Crippen LogP contribution < -0.4 is 4.74 Å². The molecule has 3 aromatic rings. The molecule has 2 aromatic heterocycles. The van der Waals surface area contributed by atoms with Crippen LogP contribution in [0.4, 0.5) is 0 Å². The molecular weight excluding hydrogens is 354 g/mol. The third-order valence-corrected chi connectivity index (χ3v) is 4.88. The first-order valence-corrected chi connectivity index (χ1v) is 8.17. The van der Waals surface area contributed by atoms with Gasteiger partial charge in [0.05, 0.1) is 30.7 Å². The fraction of sp³-hybridized carbons (Fsp3) is 0.278. The molecule has 0 bridgehead atoms. The van der Waals surface area contributed by atoms with Gasteiger partial charge in [-0.15, -0.1) is 0 Å². The summed E-state index contributed by atoms with van der Waals surface area (Å²) in [4.78, 5) is 0. The summed E-state index contributed by atoms with van der Waals surface area (Å²) in [6.07, 6.45) is 2.01. The first kappa shape index (κ1) is 15.7. The normalized spacial score (nSPS) is 11.6. The number of aromatic nitrogens is 2. The molecule has 0 atom stereocenters. The van der Waals surface area contributed by atoms with E-state index in [0.717, 1.165) is 21.4 Å². The molecule has 0 amide bonds. The summed E-state index contributed by atoms with van der Waals surface area (Å²) in [5.41, 5.74) is 2.66. The van der Waals surface area contributed by atoms with Crippen LogP contribution in [0.1, 0.15) is 25.0 Å². The van der Waals surface area contributed by atoms with Crippen LogP contribution in [-0.4, -0.2) is 16.3 Å². The second-order valence-corrected chi connectivity index (χ2v) is 6.80. The summed E-state index contributed by atoms with van der Waals surface area (Å²) in [7, 11) is 1.66. The maximum atomic E-state index is 9.52. The maximum absolute atomic E-state index is 9.52. The van der Waals surface area contributed by atoms with Crippen LogP contribution in [0, 0.1) is 11.3 Å². The zero-order chi connectivity index (χ0) is 16.6. The Morgan fingerprint density at radius 3 is 2.52 bits per heavy atom. The summed E-state index contributed by atoms with van der Waals surface area (Å²) >= 11 is 3.70. The van der Waals surface area contributed by atoms with E-state index in [2.05, 4.69) is 43.3 Å². The molecule has 0 aliphatic carbocycles. The molecular formula is C18H18BrN3O. The predicted octanol–water partition coefficient (Wildman–Crippen LogP) is 4.36. The van der Waals surface area contributed by atoms with Gasteiger partial charge in [0.15, 0.2) is 0 Å². The van der Waals surface area contributed by atoms with Crippen LogP contribution in [0.5, 0.6) is 5.75 Å². The van der Waals surface area contributed by atoms with E-state index >= 15 is 0 Å². The van der Waals surface area contributed by atoms with Crippen molar-refractivity contribution in [1.29, 1.82) is 5.26 Å². The molecule has 0 aliphatic rings. The summed E-state index contributed by atoms with van der Waals surface area (Å²) in [6.45, 7) is 4.59. The van der Waals surface area contributed by atoms with Crippen LogP contribution in [0.25, 0.3) is 5.52 Å². The number of nitrogens with zero attached hydrogens (tertiary/aromatic N) is 3. The van der Waals surface area contributed by atoms with E-state index in [1.54, 1.807) is 7.11 Å². The van der Waals surface area contributed by atoms with Crippen molar-refractivity contribution < 1.29 is 4.74 Å². The highest BCUT2D eigenvalue weighted by molar-refractivity contribution is 9.10. The number of benzene rings is 1. The first-order valence-electron chi connectivity index (χ1n) is 7.38. The fourth-order valence-corrected chi connectivity index (χ4v) is 3.79. The van der Waals surface area contributed by atoms with Gasteiger partial charge in [-0.3, -0.25) is 9.20 Å². The standard InChI is InChI=1S/C18H18BrN3O/c1-18(2,12-20)16-15-5-4-10-21(15)22(17(16)19)11-13-6-8-14(23-3)9-7-13/h4-10H,11H2,1-3H3. The zero-order valence-corrected chi connectivity index (χ0v) is 15.0. The number of fused-ring (bicyclic) bond motifs is 1. The minimum atomic E-state index is -0.566. The van der Waals surface area contributed by atoms with Gasteiger partial charge >= 0.3 is 0 Å². The number of halogens is 1. The molecule has 4 nitrogen and oxygen atoms in total. The van der Waals surface area contributed by atoms with Gasteiger partial charge in [-0.2, -0.15) is 5.26 Å². The van der Waals surface area contributed by atoms with E-state index in [0.29, 0.717) is 6.54 Å².